The number of hydrogen-bond donors (Lipinski definition) is 0. The van der Waals surface area contributed by atoms with E-state index in [1.165, 1.54) is 56.3 Å². The molecule has 220 valence electrons. The molecule has 0 N–H and O–H groups in total. The second kappa shape index (κ2) is 10.1. The summed E-state index contributed by atoms with van der Waals surface area (Å²) in [6.45, 7) is 0. The summed E-state index contributed by atoms with van der Waals surface area (Å²) < 4.78 is 13.2. The van der Waals surface area contributed by atoms with Crippen LogP contribution in [-0.4, -0.2) is 0 Å². The second-order valence-electron chi connectivity index (χ2n) is 13.1. The average Bonchev–Trinajstić information content (AvgIpc) is 3.68. The third kappa shape index (κ3) is 3.83. The predicted octanol–water partition coefficient (Wildman–Crippen LogP) is 12.9. The number of furan rings is 2. The van der Waals surface area contributed by atoms with Crippen LogP contribution in [0.3, 0.4) is 0 Å². The summed E-state index contributed by atoms with van der Waals surface area (Å²) >= 11 is 0. The van der Waals surface area contributed by atoms with Crippen molar-refractivity contribution >= 4 is 65.4 Å². The van der Waals surface area contributed by atoms with E-state index in [2.05, 4.69) is 121 Å². The molecule has 0 saturated heterocycles. The van der Waals surface area contributed by atoms with Crippen molar-refractivity contribution in [1.82, 2.24) is 0 Å². The zero-order chi connectivity index (χ0) is 30.2. The van der Waals surface area contributed by atoms with E-state index in [4.69, 9.17) is 8.83 Å². The van der Waals surface area contributed by atoms with Crippen LogP contribution < -0.4 is 0 Å². The van der Waals surface area contributed by atoms with Crippen LogP contribution in [0.4, 0.5) is 0 Å². The van der Waals surface area contributed by atoms with Gasteiger partial charge in [0.1, 0.15) is 22.3 Å². The molecule has 1 saturated carbocycles. The van der Waals surface area contributed by atoms with Gasteiger partial charge >= 0.3 is 0 Å². The van der Waals surface area contributed by atoms with E-state index in [-0.39, 0.29) is 0 Å². The zero-order valence-electron chi connectivity index (χ0n) is 25.5. The molecular formula is C44H32O2. The van der Waals surface area contributed by atoms with E-state index in [0.717, 1.165) is 57.1 Å². The lowest BCUT2D eigenvalue weighted by Gasteiger charge is -2.31. The molecule has 7 aromatic carbocycles. The van der Waals surface area contributed by atoms with Gasteiger partial charge in [-0.15, -0.1) is 0 Å². The van der Waals surface area contributed by atoms with Crippen LogP contribution in [0.2, 0.25) is 0 Å². The molecule has 2 nitrogen and oxygen atoms in total. The maximum atomic E-state index is 6.86. The Kier molecular flexibility index (Phi) is 5.69. The molecule has 2 heteroatoms. The Morgan fingerprint density at radius 2 is 1.04 bits per heavy atom. The Morgan fingerprint density at radius 3 is 1.87 bits per heavy atom. The Balaban J connectivity index is 1.16. The lowest BCUT2D eigenvalue weighted by atomic mass is 9.73. The van der Waals surface area contributed by atoms with Crippen molar-refractivity contribution < 1.29 is 8.83 Å². The second-order valence-corrected chi connectivity index (χ2v) is 13.1. The fourth-order valence-corrected chi connectivity index (χ4v) is 8.57. The van der Waals surface area contributed by atoms with Gasteiger partial charge in [0.05, 0.1) is 0 Å². The molecule has 0 radical (unpaired) electrons. The molecule has 0 aliphatic heterocycles. The summed E-state index contributed by atoms with van der Waals surface area (Å²) in [5.41, 5.74) is 9.00. The standard InChI is InChI=1S/C44H32O2/c1-2-12-31-27(10-1)11-9-17-32(31)28-20-22-29(23-21-28)41-35-14-3-4-15-36(35)42(44-43(41)37-16-6-8-19-39(37)46-44)30-24-25-34-33-13-5-7-18-38(33)45-40(34)26-30/h1-19,24-26,28-29H,20-23H2. The molecule has 2 aromatic heterocycles. The van der Waals surface area contributed by atoms with Crippen LogP contribution in [0, 0.1) is 0 Å². The molecule has 9 aromatic rings. The van der Waals surface area contributed by atoms with Gasteiger partial charge in [0, 0.05) is 27.1 Å². The van der Waals surface area contributed by atoms with Gasteiger partial charge < -0.3 is 8.83 Å². The SMILES string of the molecule is c1ccc2c(C3CCC(c4c5ccccc5c(-c5ccc6c(c5)oc5ccccc56)c5oc6ccccc6c45)CC3)cccc2c1. The predicted molar refractivity (Wildman–Crippen MR) is 192 cm³/mol. The van der Waals surface area contributed by atoms with Crippen LogP contribution >= 0.6 is 0 Å². The third-order valence-electron chi connectivity index (χ3n) is 10.6. The topological polar surface area (TPSA) is 26.3 Å². The highest BCUT2D eigenvalue weighted by molar-refractivity contribution is 6.21. The molecule has 0 atom stereocenters. The van der Waals surface area contributed by atoms with E-state index in [1.807, 2.05) is 12.1 Å². The largest absolute Gasteiger partial charge is 0.456 e. The zero-order valence-corrected chi connectivity index (χ0v) is 25.5. The highest BCUT2D eigenvalue weighted by atomic mass is 16.3. The van der Waals surface area contributed by atoms with Crippen molar-refractivity contribution in [3.05, 3.63) is 145 Å². The normalized spacial score (nSPS) is 17.2. The molecule has 0 unspecified atom stereocenters. The van der Waals surface area contributed by atoms with Gasteiger partial charge in [-0.2, -0.15) is 0 Å². The number of para-hydroxylation sites is 2. The lowest BCUT2D eigenvalue weighted by molar-refractivity contribution is 0.401. The summed E-state index contributed by atoms with van der Waals surface area (Å²) in [6, 6.07) is 48.2. The summed E-state index contributed by atoms with van der Waals surface area (Å²) in [4.78, 5) is 0. The van der Waals surface area contributed by atoms with E-state index >= 15 is 0 Å². The number of benzene rings is 7. The minimum atomic E-state index is 0.464. The Labute approximate surface area is 266 Å². The van der Waals surface area contributed by atoms with E-state index in [9.17, 15) is 0 Å². The number of fused-ring (bicyclic) bond motifs is 8. The highest BCUT2D eigenvalue weighted by Gasteiger charge is 2.30. The molecule has 0 spiro atoms. The Hall–Kier alpha value is -5.34. The van der Waals surface area contributed by atoms with Crippen LogP contribution in [0.15, 0.2) is 142 Å². The molecule has 2 heterocycles. The summed E-state index contributed by atoms with van der Waals surface area (Å²) in [6.07, 6.45) is 4.71. The molecule has 10 rings (SSSR count). The first kappa shape index (κ1) is 25.9. The van der Waals surface area contributed by atoms with Crippen LogP contribution in [-0.2, 0) is 0 Å². The molecule has 1 aliphatic carbocycles. The molecule has 46 heavy (non-hydrogen) atoms. The van der Waals surface area contributed by atoms with Crippen molar-refractivity contribution in [3.8, 4) is 11.1 Å². The maximum Gasteiger partial charge on any atom is 0.144 e. The summed E-state index contributed by atoms with van der Waals surface area (Å²) in [5, 5.41) is 10.1. The summed E-state index contributed by atoms with van der Waals surface area (Å²) in [7, 11) is 0. The lowest BCUT2D eigenvalue weighted by Crippen LogP contribution is -2.13. The maximum absolute atomic E-state index is 6.86. The van der Waals surface area contributed by atoms with Gasteiger partial charge in [-0.05, 0) is 100 Å². The average molecular weight is 593 g/mol. The first-order valence-corrected chi connectivity index (χ1v) is 16.6. The van der Waals surface area contributed by atoms with Crippen molar-refractivity contribution in [2.24, 2.45) is 0 Å². The summed E-state index contributed by atoms with van der Waals surface area (Å²) in [5.74, 6) is 1.05. The Bertz CT molecular complexity index is 2600. The van der Waals surface area contributed by atoms with Crippen LogP contribution in [0.25, 0.3) is 76.5 Å². The van der Waals surface area contributed by atoms with Gasteiger partial charge in [0.15, 0.2) is 0 Å². The van der Waals surface area contributed by atoms with Gasteiger partial charge in [-0.3, -0.25) is 0 Å². The first-order chi connectivity index (χ1) is 22.8. The van der Waals surface area contributed by atoms with E-state index in [0.29, 0.717) is 11.8 Å². The smallest absolute Gasteiger partial charge is 0.144 e. The minimum Gasteiger partial charge on any atom is -0.456 e. The molecular weight excluding hydrogens is 560 g/mol. The van der Waals surface area contributed by atoms with E-state index < -0.39 is 0 Å². The number of hydrogen-bond acceptors (Lipinski definition) is 2. The quantitative estimate of drug-likeness (QED) is 0.204. The van der Waals surface area contributed by atoms with Gasteiger partial charge in [0.2, 0.25) is 0 Å². The van der Waals surface area contributed by atoms with Crippen molar-refractivity contribution in [2.45, 2.75) is 37.5 Å². The van der Waals surface area contributed by atoms with Crippen molar-refractivity contribution in [3.63, 3.8) is 0 Å². The fourth-order valence-electron chi connectivity index (χ4n) is 8.57. The molecule has 1 fully saturated rings. The fraction of sp³-hybridized carbons (Fsp3) is 0.136. The molecule has 0 amide bonds. The molecule has 1 aliphatic rings. The minimum absolute atomic E-state index is 0.464. The van der Waals surface area contributed by atoms with Crippen molar-refractivity contribution in [2.75, 3.05) is 0 Å². The monoisotopic (exact) mass is 592 g/mol. The third-order valence-corrected chi connectivity index (χ3v) is 10.6. The van der Waals surface area contributed by atoms with Gasteiger partial charge in [-0.1, -0.05) is 109 Å². The Morgan fingerprint density at radius 1 is 0.435 bits per heavy atom. The van der Waals surface area contributed by atoms with E-state index in [1.54, 1.807) is 0 Å². The van der Waals surface area contributed by atoms with Gasteiger partial charge in [-0.25, -0.2) is 0 Å². The highest BCUT2D eigenvalue weighted by Crippen LogP contribution is 2.51. The molecule has 0 bridgehead atoms. The van der Waals surface area contributed by atoms with Gasteiger partial charge in [0.25, 0.3) is 0 Å². The number of rotatable bonds is 3. The first-order valence-electron chi connectivity index (χ1n) is 16.6. The van der Waals surface area contributed by atoms with Crippen LogP contribution in [0.5, 0.6) is 0 Å². The van der Waals surface area contributed by atoms with Crippen LogP contribution in [0.1, 0.15) is 48.6 Å². The van der Waals surface area contributed by atoms with Crippen molar-refractivity contribution in [1.29, 1.82) is 0 Å².